The van der Waals surface area contributed by atoms with E-state index in [2.05, 4.69) is 26.6 Å². The van der Waals surface area contributed by atoms with Crippen LogP contribution in [-0.2, 0) is 63.8 Å². The van der Waals surface area contributed by atoms with E-state index < -0.39 is 144 Å². The van der Waals surface area contributed by atoms with Gasteiger partial charge < -0.3 is 71.9 Å². The Kier molecular flexibility index (Phi) is 26.6. The number of hydrogen-bond acceptors (Lipinski definition) is 16. The maximum absolute atomic E-state index is 15.0. The van der Waals surface area contributed by atoms with Gasteiger partial charge in [0, 0.05) is 46.7 Å². The Balaban J connectivity index is 2.73. The van der Waals surface area contributed by atoms with Crippen molar-refractivity contribution in [2.45, 2.75) is 168 Å². The fraction of sp³-hybridized carbons (Fsp3) is 0.635. The first-order chi connectivity index (χ1) is 35.1. The van der Waals surface area contributed by atoms with Crippen molar-refractivity contribution in [1.82, 2.24) is 31.5 Å². The number of aliphatic hydroxyl groups is 4. The van der Waals surface area contributed by atoms with Gasteiger partial charge in [-0.25, -0.2) is 4.79 Å². The number of primary amides is 1. The molecule has 75 heavy (non-hydrogen) atoms. The van der Waals surface area contributed by atoms with Crippen LogP contribution in [0.5, 0.6) is 0 Å². The van der Waals surface area contributed by atoms with Crippen LogP contribution in [-0.4, -0.2) is 166 Å². The van der Waals surface area contributed by atoms with Crippen LogP contribution in [0.2, 0.25) is 0 Å². The van der Waals surface area contributed by atoms with Gasteiger partial charge in [0.1, 0.15) is 48.6 Å². The van der Waals surface area contributed by atoms with E-state index in [-0.39, 0.29) is 45.1 Å². The molecule has 0 heterocycles. The third-order valence-corrected chi connectivity index (χ3v) is 13.0. The largest absolute Gasteiger partial charge is 0.492 e. The summed E-state index contributed by atoms with van der Waals surface area (Å²) in [6.45, 7) is 13.1. The number of carbonyl (C=O) groups is 9. The van der Waals surface area contributed by atoms with E-state index >= 15 is 4.79 Å². The number of hydrogen-bond donors (Lipinski definition) is 10. The van der Waals surface area contributed by atoms with Crippen molar-refractivity contribution in [2.75, 3.05) is 26.8 Å². The summed E-state index contributed by atoms with van der Waals surface area (Å²) in [5.41, 5.74) is 4.46. The molecule has 12 atom stereocenters. The highest BCUT2D eigenvalue weighted by molar-refractivity contribution is 5.97. The van der Waals surface area contributed by atoms with Gasteiger partial charge in [-0.3, -0.25) is 38.4 Å². The van der Waals surface area contributed by atoms with Crippen LogP contribution in [0.1, 0.15) is 107 Å². The second-order valence-electron chi connectivity index (χ2n) is 19.6. The predicted molar refractivity (Wildman–Crippen MR) is 273 cm³/mol. The fourth-order valence-electron chi connectivity index (χ4n) is 7.88. The van der Waals surface area contributed by atoms with Crippen LogP contribution < -0.4 is 32.3 Å². The highest BCUT2D eigenvalue weighted by Crippen LogP contribution is 2.29. The molecule has 0 saturated carbocycles. The van der Waals surface area contributed by atoms with Gasteiger partial charge in [-0.1, -0.05) is 77.4 Å². The Morgan fingerprint density at radius 2 is 1.43 bits per heavy atom. The van der Waals surface area contributed by atoms with E-state index in [1.807, 2.05) is 0 Å². The van der Waals surface area contributed by atoms with Gasteiger partial charge in [-0.15, -0.1) is 0 Å². The lowest BCUT2D eigenvalue weighted by Gasteiger charge is -2.35. The number of amides is 7. The van der Waals surface area contributed by atoms with Gasteiger partial charge in [0.25, 0.3) is 0 Å². The molecule has 1 aromatic rings. The molecular formula is C52H81N7O16. The normalized spacial score (nSPS) is 17.6. The molecule has 1 unspecified atom stereocenters. The van der Waals surface area contributed by atoms with Crippen LogP contribution in [0.4, 0.5) is 0 Å². The van der Waals surface area contributed by atoms with Crippen molar-refractivity contribution in [3.8, 4) is 0 Å². The lowest BCUT2D eigenvalue weighted by Crippen LogP contribution is -2.62. The minimum atomic E-state index is -1.85. The number of aliphatic hydroxyl groups excluding tert-OH is 3. The summed E-state index contributed by atoms with van der Waals surface area (Å²) in [6, 6.07) is 1.43. The number of nitrogens with zero attached hydrogens (tertiary/aromatic N) is 1. The number of carbonyl (C=O) groups excluding carboxylic acids is 9. The lowest BCUT2D eigenvalue weighted by atomic mass is 9.91. The molecule has 11 N–H and O–H groups in total. The van der Waals surface area contributed by atoms with Gasteiger partial charge >= 0.3 is 11.9 Å². The van der Waals surface area contributed by atoms with Crippen molar-refractivity contribution in [3.05, 3.63) is 59.4 Å². The maximum atomic E-state index is 15.0. The summed E-state index contributed by atoms with van der Waals surface area (Å²) in [6.07, 6.45) is -1.58. The Morgan fingerprint density at radius 3 is 1.95 bits per heavy atom. The average molecular weight is 1060 g/mol. The maximum Gasteiger partial charge on any atom is 0.332 e. The molecule has 7 amide bonds. The van der Waals surface area contributed by atoms with E-state index in [0.29, 0.717) is 16.9 Å². The zero-order valence-electron chi connectivity index (χ0n) is 45.0. The number of ether oxygens (including phenoxy) is 3. The Hall–Kier alpha value is -6.43. The molecule has 0 radical (unpaired) electrons. The lowest BCUT2D eigenvalue weighted by molar-refractivity contribution is -0.159. The van der Waals surface area contributed by atoms with Crippen molar-refractivity contribution >= 4 is 53.3 Å². The van der Waals surface area contributed by atoms with Crippen molar-refractivity contribution in [1.29, 1.82) is 0 Å². The Bertz CT molecular complexity index is 2190. The topological polar surface area (TPSA) is 352 Å². The third kappa shape index (κ3) is 20.7. The third-order valence-electron chi connectivity index (χ3n) is 13.0. The Labute approximate surface area is 439 Å². The van der Waals surface area contributed by atoms with Gasteiger partial charge in [-0.05, 0) is 62.7 Å². The molecular weight excluding hydrogens is 979 g/mol. The van der Waals surface area contributed by atoms with Crippen molar-refractivity contribution in [3.63, 3.8) is 0 Å². The molecule has 1 aliphatic carbocycles. The second kappa shape index (κ2) is 30.8. The molecule has 0 fully saturated rings. The van der Waals surface area contributed by atoms with Crippen molar-refractivity contribution < 1.29 is 77.8 Å². The molecule has 0 bridgehead atoms. The first-order valence-electron chi connectivity index (χ1n) is 25.2. The summed E-state index contributed by atoms with van der Waals surface area (Å²) in [4.78, 5) is 122. The van der Waals surface area contributed by atoms with Crippen molar-refractivity contribution in [2.24, 2.45) is 23.5 Å². The summed E-state index contributed by atoms with van der Waals surface area (Å²) in [5, 5.41) is 54.9. The number of benzene rings is 1. The summed E-state index contributed by atoms with van der Waals surface area (Å²) < 4.78 is 16.6. The molecule has 1 aliphatic rings. The van der Waals surface area contributed by atoms with E-state index in [4.69, 9.17) is 19.9 Å². The van der Waals surface area contributed by atoms with Crippen LogP contribution in [0.25, 0.3) is 0 Å². The number of rotatable bonds is 31. The minimum absolute atomic E-state index is 0.0251. The van der Waals surface area contributed by atoms with Crippen LogP contribution in [0, 0.1) is 17.8 Å². The highest BCUT2D eigenvalue weighted by atomic mass is 16.6. The predicted octanol–water partition coefficient (Wildman–Crippen LogP) is -0.296. The zero-order chi connectivity index (χ0) is 56.9. The smallest absolute Gasteiger partial charge is 0.332 e. The van der Waals surface area contributed by atoms with Gasteiger partial charge in [-0.2, -0.15) is 0 Å². The number of likely N-dealkylation sites (N-methyl/N-ethyl adjacent to an activating group) is 1. The van der Waals surface area contributed by atoms with Gasteiger partial charge in [0.15, 0.2) is 6.04 Å². The molecule has 0 spiro atoms. The minimum Gasteiger partial charge on any atom is -0.492 e. The highest BCUT2D eigenvalue weighted by Gasteiger charge is 2.41. The van der Waals surface area contributed by atoms with Crippen LogP contribution in [0.3, 0.4) is 0 Å². The number of allylic oxidation sites excluding steroid dienone is 3. The standard InChI is InChI=1S/C52H81N7O16/c1-12-29(4)42(56-49(69)43(57-46(66)31(6)45(65)28(2)3)32(7)74-51(71)39(55-34(9)62)26-73-35(10)63)48(68)58-44(37-18-20-38(21-19-37)75-33(8)52(72,27-60)23-22-41(53)64)50(70)59(11)40(47(67)54-25-30(5)61)24-36-16-14-13-15-17-36/h13-18,20,28-33,39-40,42-45,60-61,65,72H,12,19,21-27H2,1-11H3,(H2,53,64)(H,54,67)(H,55,62)(H,56,69)(H,57,66)(H,58,68)/t29-,30+,31+,32+,33+,39-,40-,42+,43-,44-,45+,52?/m0/s1. The Morgan fingerprint density at radius 1 is 0.813 bits per heavy atom. The molecule has 0 saturated heterocycles. The fourth-order valence-corrected chi connectivity index (χ4v) is 7.88. The van der Waals surface area contributed by atoms with E-state index in [9.17, 15) is 58.8 Å². The van der Waals surface area contributed by atoms with E-state index in [1.165, 1.54) is 51.8 Å². The van der Waals surface area contributed by atoms with Crippen LogP contribution >= 0.6 is 0 Å². The quantitative estimate of drug-likeness (QED) is 0.0427. The number of esters is 2. The van der Waals surface area contributed by atoms with Crippen LogP contribution in [0.15, 0.2) is 53.8 Å². The second-order valence-corrected chi connectivity index (χ2v) is 19.6. The summed E-state index contributed by atoms with van der Waals surface area (Å²) >= 11 is 0. The molecule has 2 rings (SSSR count). The SMILES string of the molecule is CC[C@H](C)[C@@H](NC(=O)[C@@H](NC(=O)[C@H](C)[C@H](O)C(C)C)[C@@H](C)OC(=O)[C@H](COC(C)=O)NC(C)=O)C(=O)N[C@H](C(=O)N(C)[C@@H](Cc1ccccc1)C(=O)NC[C@@H](C)O)C1=CC=C(O[C@H](C)C(O)(CO)CCC(N)=O)CC1. The molecule has 0 aliphatic heterocycles. The first-order valence-corrected chi connectivity index (χ1v) is 25.2. The monoisotopic (exact) mass is 1060 g/mol. The average Bonchev–Trinajstić information content (AvgIpc) is 3.36. The van der Waals surface area contributed by atoms with Gasteiger partial charge in [0.2, 0.25) is 41.4 Å². The molecule has 0 aromatic heterocycles. The van der Waals surface area contributed by atoms with E-state index in [0.717, 1.165) is 13.8 Å². The summed E-state index contributed by atoms with van der Waals surface area (Å²) in [7, 11) is 1.39. The number of nitrogens with two attached hydrogens (primary N) is 1. The van der Waals surface area contributed by atoms with E-state index in [1.54, 1.807) is 58.0 Å². The molecule has 23 nitrogen and oxygen atoms in total. The number of nitrogens with one attached hydrogen (secondary N) is 5. The zero-order valence-corrected chi connectivity index (χ0v) is 45.0. The molecule has 1 aromatic carbocycles. The molecule has 420 valence electrons. The van der Waals surface area contributed by atoms with Gasteiger partial charge in [0.05, 0.1) is 30.5 Å². The molecule has 23 heteroatoms. The summed E-state index contributed by atoms with van der Waals surface area (Å²) in [5.74, 6) is -9.20. The first kappa shape index (κ1) is 64.7.